The Morgan fingerprint density at radius 1 is 1.62 bits per heavy atom. The number of hydrogen-bond acceptors (Lipinski definition) is 6. The number of rotatable bonds is 5. The SMILES string of the molecule is CCOC(=O)[C@@](C)(O)OC[C@H]1C[C@H](O)CO1. The van der Waals surface area contributed by atoms with Gasteiger partial charge < -0.3 is 24.4 Å². The van der Waals surface area contributed by atoms with Gasteiger partial charge in [0.25, 0.3) is 5.79 Å². The highest BCUT2D eigenvalue weighted by Gasteiger charge is 2.35. The Bertz CT molecular complexity index is 239. The molecule has 0 aromatic heterocycles. The molecule has 0 aromatic carbocycles. The Balaban J connectivity index is 2.32. The number of carbonyl (C=O) groups is 1. The van der Waals surface area contributed by atoms with Crippen molar-refractivity contribution in [3.8, 4) is 0 Å². The molecule has 1 aliphatic rings. The van der Waals surface area contributed by atoms with Crippen LogP contribution in [0.25, 0.3) is 0 Å². The van der Waals surface area contributed by atoms with E-state index >= 15 is 0 Å². The maximum absolute atomic E-state index is 11.2. The van der Waals surface area contributed by atoms with Crippen LogP contribution in [-0.2, 0) is 19.0 Å². The van der Waals surface area contributed by atoms with E-state index in [4.69, 9.17) is 9.47 Å². The Morgan fingerprint density at radius 2 is 2.31 bits per heavy atom. The summed E-state index contributed by atoms with van der Waals surface area (Å²) in [5.41, 5.74) is 0. The topological polar surface area (TPSA) is 85.2 Å². The molecule has 1 aliphatic heterocycles. The average Bonchev–Trinajstić information content (AvgIpc) is 2.62. The third-order valence-corrected chi connectivity index (χ3v) is 2.26. The second-order valence-corrected chi connectivity index (χ2v) is 3.86. The maximum Gasteiger partial charge on any atom is 0.366 e. The molecule has 1 fully saturated rings. The monoisotopic (exact) mass is 234 g/mol. The van der Waals surface area contributed by atoms with Crippen LogP contribution in [0.5, 0.6) is 0 Å². The molecule has 1 saturated heterocycles. The van der Waals surface area contributed by atoms with Gasteiger partial charge in [0.2, 0.25) is 0 Å². The van der Waals surface area contributed by atoms with Gasteiger partial charge in [-0.15, -0.1) is 0 Å². The molecular formula is C10H18O6. The van der Waals surface area contributed by atoms with Crippen LogP contribution < -0.4 is 0 Å². The summed E-state index contributed by atoms with van der Waals surface area (Å²) in [6, 6.07) is 0. The zero-order valence-electron chi connectivity index (χ0n) is 9.51. The molecule has 0 aromatic rings. The van der Waals surface area contributed by atoms with E-state index in [1.54, 1.807) is 6.92 Å². The van der Waals surface area contributed by atoms with Gasteiger partial charge in [0.15, 0.2) is 0 Å². The highest BCUT2D eigenvalue weighted by molar-refractivity contribution is 5.76. The van der Waals surface area contributed by atoms with Gasteiger partial charge in [0.05, 0.1) is 32.0 Å². The summed E-state index contributed by atoms with van der Waals surface area (Å²) in [4.78, 5) is 11.2. The van der Waals surface area contributed by atoms with Gasteiger partial charge >= 0.3 is 5.97 Å². The fraction of sp³-hybridized carbons (Fsp3) is 0.900. The van der Waals surface area contributed by atoms with E-state index in [0.29, 0.717) is 6.42 Å². The molecule has 0 unspecified atom stereocenters. The lowest BCUT2D eigenvalue weighted by molar-refractivity contribution is -0.227. The molecule has 0 bridgehead atoms. The Kier molecular flexibility index (Phi) is 4.67. The summed E-state index contributed by atoms with van der Waals surface area (Å²) in [7, 11) is 0. The lowest BCUT2D eigenvalue weighted by Gasteiger charge is -2.22. The normalized spacial score (nSPS) is 28.8. The Hall–Kier alpha value is -0.690. The predicted octanol–water partition coefficient (Wildman–Crippen LogP) is -0.576. The summed E-state index contributed by atoms with van der Waals surface area (Å²) in [6.45, 7) is 3.34. The minimum absolute atomic E-state index is 0.0445. The quantitative estimate of drug-likeness (QED) is 0.489. The van der Waals surface area contributed by atoms with E-state index in [2.05, 4.69) is 4.74 Å². The van der Waals surface area contributed by atoms with Crippen LogP contribution in [0.2, 0.25) is 0 Å². The fourth-order valence-corrected chi connectivity index (χ4v) is 1.38. The first-order valence-electron chi connectivity index (χ1n) is 5.29. The molecule has 0 saturated carbocycles. The van der Waals surface area contributed by atoms with Crippen LogP contribution in [0.15, 0.2) is 0 Å². The summed E-state index contributed by atoms with van der Waals surface area (Å²) < 4.78 is 14.8. The second-order valence-electron chi connectivity index (χ2n) is 3.86. The van der Waals surface area contributed by atoms with Crippen LogP contribution in [-0.4, -0.2) is 54.0 Å². The largest absolute Gasteiger partial charge is 0.462 e. The lowest BCUT2D eigenvalue weighted by atomic mass is 10.2. The molecule has 0 amide bonds. The van der Waals surface area contributed by atoms with Gasteiger partial charge in [0, 0.05) is 13.3 Å². The van der Waals surface area contributed by atoms with Gasteiger partial charge in [-0.25, -0.2) is 4.79 Å². The van der Waals surface area contributed by atoms with Crippen molar-refractivity contribution < 1.29 is 29.2 Å². The molecule has 0 radical (unpaired) electrons. The van der Waals surface area contributed by atoms with E-state index in [1.165, 1.54) is 6.92 Å². The van der Waals surface area contributed by atoms with E-state index in [-0.39, 0.29) is 25.9 Å². The summed E-state index contributed by atoms with van der Waals surface area (Å²) in [5, 5.41) is 18.8. The van der Waals surface area contributed by atoms with E-state index in [0.717, 1.165) is 0 Å². The van der Waals surface area contributed by atoms with E-state index in [1.807, 2.05) is 0 Å². The highest BCUT2D eigenvalue weighted by Crippen LogP contribution is 2.16. The standard InChI is InChI=1S/C10H18O6/c1-3-14-9(12)10(2,13)16-6-8-4-7(11)5-15-8/h7-8,11,13H,3-6H2,1-2H3/t7-,8+,10-/m0/s1. The van der Waals surface area contributed by atoms with Crippen molar-refractivity contribution in [3.05, 3.63) is 0 Å². The first-order chi connectivity index (χ1) is 7.45. The number of aliphatic hydroxyl groups is 2. The average molecular weight is 234 g/mol. The van der Waals surface area contributed by atoms with Gasteiger partial charge in [0.1, 0.15) is 0 Å². The van der Waals surface area contributed by atoms with Crippen molar-refractivity contribution >= 4 is 5.97 Å². The molecule has 1 rings (SSSR count). The highest BCUT2D eigenvalue weighted by atomic mass is 16.7. The summed E-state index contributed by atoms with van der Waals surface area (Å²) in [5.74, 6) is -2.79. The third kappa shape index (κ3) is 3.71. The molecule has 6 nitrogen and oxygen atoms in total. The van der Waals surface area contributed by atoms with Crippen molar-refractivity contribution in [2.24, 2.45) is 0 Å². The summed E-state index contributed by atoms with van der Waals surface area (Å²) >= 11 is 0. The minimum atomic E-state index is -1.97. The van der Waals surface area contributed by atoms with E-state index < -0.39 is 17.9 Å². The number of esters is 1. The Labute approximate surface area is 94.1 Å². The van der Waals surface area contributed by atoms with Crippen molar-refractivity contribution in [2.75, 3.05) is 19.8 Å². The Morgan fingerprint density at radius 3 is 2.81 bits per heavy atom. The molecule has 0 spiro atoms. The van der Waals surface area contributed by atoms with Crippen LogP contribution in [0.4, 0.5) is 0 Å². The number of hydrogen-bond donors (Lipinski definition) is 2. The third-order valence-electron chi connectivity index (χ3n) is 2.26. The molecule has 1 heterocycles. The van der Waals surface area contributed by atoms with Crippen molar-refractivity contribution in [2.45, 2.75) is 38.3 Å². The lowest BCUT2D eigenvalue weighted by Crippen LogP contribution is -2.41. The number of carbonyl (C=O) groups excluding carboxylic acids is 1. The van der Waals surface area contributed by atoms with Gasteiger partial charge in [-0.05, 0) is 6.92 Å². The molecular weight excluding hydrogens is 216 g/mol. The zero-order chi connectivity index (χ0) is 12.2. The fourth-order valence-electron chi connectivity index (χ4n) is 1.38. The van der Waals surface area contributed by atoms with Crippen LogP contribution >= 0.6 is 0 Å². The molecule has 2 N–H and O–H groups in total. The van der Waals surface area contributed by atoms with Gasteiger partial charge in [-0.3, -0.25) is 0 Å². The molecule has 16 heavy (non-hydrogen) atoms. The van der Waals surface area contributed by atoms with Gasteiger partial charge in [-0.2, -0.15) is 0 Å². The molecule has 6 heteroatoms. The van der Waals surface area contributed by atoms with Crippen LogP contribution in [0.1, 0.15) is 20.3 Å². The maximum atomic E-state index is 11.2. The summed E-state index contributed by atoms with van der Waals surface area (Å²) in [6.07, 6.45) is -0.351. The van der Waals surface area contributed by atoms with E-state index in [9.17, 15) is 15.0 Å². The van der Waals surface area contributed by atoms with Crippen molar-refractivity contribution in [1.29, 1.82) is 0 Å². The van der Waals surface area contributed by atoms with Crippen molar-refractivity contribution in [3.63, 3.8) is 0 Å². The van der Waals surface area contributed by atoms with Crippen LogP contribution in [0.3, 0.4) is 0 Å². The predicted molar refractivity (Wildman–Crippen MR) is 53.6 cm³/mol. The smallest absolute Gasteiger partial charge is 0.366 e. The second kappa shape index (κ2) is 5.58. The zero-order valence-corrected chi connectivity index (χ0v) is 9.51. The molecule has 3 atom stereocenters. The first kappa shape index (κ1) is 13.4. The minimum Gasteiger partial charge on any atom is -0.462 e. The number of ether oxygens (including phenoxy) is 3. The first-order valence-corrected chi connectivity index (χ1v) is 5.29. The van der Waals surface area contributed by atoms with Crippen molar-refractivity contribution in [1.82, 2.24) is 0 Å². The molecule has 94 valence electrons. The van der Waals surface area contributed by atoms with Gasteiger partial charge in [-0.1, -0.05) is 0 Å². The van der Waals surface area contributed by atoms with Crippen LogP contribution in [0, 0.1) is 0 Å². The molecule has 0 aliphatic carbocycles. The number of aliphatic hydroxyl groups excluding tert-OH is 1.